The van der Waals surface area contributed by atoms with E-state index < -0.39 is 17.2 Å². The van der Waals surface area contributed by atoms with Crippen molar-refractivity contribution in [2.45, 2.75) is 26.8 Å². The molecular weight excluding hydrogens is 364 g/mol. The van der Waals surface area contributed by atoms with E-state index in [-0.39, 0.29) is 40.3 Å². The number of aromatic nitrogens is 1. The number of hydrogen-bond acceptors (Lipinski definition) is 7. The maximum Gasteiger partial charge on any atom is 0.271 e. The Balaban J connectivity index is 2.79. The van der Waals surface area contributed by atoms with E-state index in [9.17, 15) is 20.0 Å². The van der Waals surface area contributed by atoms with Gasteiger partial charge in [-0.15, -0.1) is 0 Å². The molecule has 0 unspecified atom stereocenters. The van der Waals surface area contributed by atoms with Crippen molar-refractivity contribution in [2.24, 2.45) is 0 Å². The lowest BCUT2D eigenvalue weighted by Crippen LogP contribution is -2.26. The molecule has 1 N–H and O–H groups in total. The number of carbonyl (C=O) groups is 1. The van der Waals surface area contributed by atoms with Crippen LogP contribution in [0.3, 0.4) is 0 Å². The van der Waals surface area contributed by atoms with Crippen LogP contribution in [0.4, 0.5) is 0 Å². The molecule has 0 bridgehead atoms. The molecule has 2 rings (SSSR count). The number of pyridine rings is 1. The van der Waals surface area contributed by atoms with Crippen LogP contribution in [-0.2, 0) is 6.54 Å². The fourth-order valence-electron chi connectivity index (χ4n) is 3.01. The summed E-state index contributed by atoms with van der Waals surface area (Å²) >= 11 is 0. The number of rotatable bonds is 7. The van der Waals surface area contributed by atoms with Crippen molar-refractivity contribution in [2.75, 3.05) is 21.3 Å². The molecule has 0 radical (unpaired) electrons. The van der Waals surface area contributed by atoms with Gasteiger partial charge in [0.25, 0.3) is 5.56 Å². The number of carbonyl (C=O) groups excluding carboxylic acids is 1. The van der Waals surface area contributed by atoms with Gasteiger partial charge in [0, 0.05) is 12.1 Å². The van der Waals surface area contributed by atoms with Crippen LogP contribution < -0.4 is 19.8 Å². The summed E-state index contributed by atoms with van der Waals surface area (Å²) < 4.78 is 16.8. The van der Waals surface area contributed by atoms with E-state index in [1.165, 1.54) is 40.4 Å². The summed E-state index contributed by atoms with van der Waals surface area (Å²) in [6.07, 6.45) is 0.541. The average molecular weight is 386 g/mol. The minimum absolute atomic E-state index is 0.112. The van der Waals surface area contributed by atoms with Gasteiger partial charge < -0.3 is 19.3 Å². The first kappa shape index (κ1) is 20.8. The Hall–Kier alpha value is -3.47. The number of methoxy groups -OCH3 is 3. The molecule has 0 aliphatic rings. The SMILES string of the molecule is CCCn1c(O)c(C(=O)c2cc(OC)c(OC)c(OC)c2)c(C)c(C#N)c1=O. The number of benzene rings is 1. The lowest BCUT2D eigenvalue weighted by atomic mass is 9.96. The smallest absolute Gasteiger partial charge is 0.271 e. The largest absolute Gasteiger partial charge is 0.494 e. The third-order valence-electron chi connectivity index (χ3n) is 4.40. The first-order chi connectivity index (χ1) is 13.4. The lowest BCUT2D eigenvalue weighted by Gasteiger charge is -2.17. The van der Waals surface area contributed by atoms with Crippen LogP contribution >= 0.6 is 0 Å². The zero-order chi connectivity index (χ0) is 21.0. The summed E-state index contributed by atoms with van der Waals surface area (Å²) in [5, 5.41) is 20.0. The Labute approximate surface area is 162 Å². The number of aromatic hydroxyl groups is 1. The van der Waals surface area contributed by atoms with E-state index >= 15 is 0 Å². The maximum atomic E-state index is 13.2. The standard InChI is InChI=1S/C20H22N2O6/c1-6-7-22-19(24)13(10-21)11(2)16(20(22)25)17(23)12-8-14(26-3)18(28-5)15(9-12)27-4/h8-9,25H,6-7H2,1-5H3. The molecule has 0 fully saturated rings. The summed E-state index contributed by atoms with van der Waals surface area (Å²) in [6.45, 7) is 3.45. The van der Waals surface area contributed by atoms with Gasteiger partial charge >= 0.3 is 0 Å². The zero-order valence-corrected chi connectivity index (χ0v) is 16.5. The minimum atomic E-state index is -0.624. The highest BCUT2D eigenvalue weighted by Gasteiger charge is 2.26. The predicted molar refractivity (Wildman–Crippen MR) is 102 cm³/mol. The molecule has 0 aliphatic heterocycles. The van der Waals surface area contributed by atoms with Gasteiger partial charge in [-0.1, -0.05) is 6.92 Å². The van der Waals surface area contributed by atoms with Gasteiger partial charge in [-0.3, -0.25) is 14.2 Å². The first-order valence-corrected chi connectivity index (χ1v) is 8.57. The molecule has 8 nitrogen and oxygen atoms in total. The molecule has 0 spiro atoms. The fourth-order valence-corrected chi connectivity index (χ4v) is 3.01. The highest BCUT2D eigenvalue weighted by atomic mass is 16.5. The first-order valence-electron chi connectivity index (χ1n) is 8.57. The van der Waals surface area contributed by atoms with Gasteiger partial charge in [-0.05, 0) is 31.0 Å². The number of hydrogen-bond donors (Lipinski definition) is 1. The molecule has 1 heterocycles. The van der Waals surface area contributed by atoms with E-state index in [1.54, 1.807) is 0 Å². The van der Waals surface area contributed by atoms with Crippen molar-refractivity contribution in [1.82, 2.24) is 4.57 Å². The summed E-state index contributed by atoms with van der Waals surface area (Å²) in [5.74, 6) is -0.191. The van der Waals surface area contributed by atoms with Gasteiger partial charge in [0.05, 0.1) is 26.9 Å². The summed E-state index contributed by atoms with van der Waals surface area (Å²) in [6, 6.07) is 4.73. The topological polar surface area (TPSA) is 111 Å². The molecule has 0 saturated heterocycles. The molecule has 28 heavy (non-hydrogen) atoms. The van der Waals surface area contributed by atoms with E-state index in [2.05, 4.69) is 0 Å². The van der Waals surface area contributed by atoms with Gasteiger partial charge in [0.2, 0.25) is 11.6 Å². The fraction of sp³-hybridized carbons (Fsp3) is 0.350. The van der Waals surface area contributed by atoms with Crippen molar-refractivity contribution >= 4 is 5.78 Å². The maximum absolute atomic E-state index is 13.2. The Kier molecular flexibility index (Phi) is 6.31. The molecule has 148 valence electrons. The van der Waals surface area contributed by atoms with Crippen LogP contribution in [-0.4, -0.2) is 36.8 Å². The second kappa shape index (κ2) is 8.48. The van der Waals surface area contributed by atoms with E-state index in [4.69, 9.17) is 14.2 Å². The van der Waals surface area contributed by atoms with Crippen molar-refractivity contribution in [3.8, 4) is 29.2 Å². The van der Waals surface area contributed by atoms with Gasteiger partial charge in [0.1, 0.15) is 11.6 Å². The van der Waals surface area contributed by atoms with Crippen LogP contribution in [0.2, 0.25) is 0 Å². The van der Waals surface area contributed by atoms with Crippen LogP contribution in [0.15, 0.2) is 16.9 Å². The molecule has 1 aromatic heterocycles. The Morgan fingerprint density at radius 2 is 1.75 bits per heavy atom. The van der Waals surface area contributed by atoms with E-state index in [0.29, 0.717) is 12.2 Å². The number of nitriles is 1. The molecule has 0 aliphatic carbocycles. The lowest BCUT2D eigenvalue weighted by molar-refractivity contribution is 0.103. The Bertz CT molecular complexity index is 992. The molecule has 1 aromatic carbocycles. The second-order valence-corrected chi connectivity index (χ2v) is 6.01. The summed E-state index contributed by atoms with van der Waals surface area (Å²) in [5.41, 5.74) is -0.642. The number of ether oxygens (including phenoxy) is 3. The number of nitrogens with zero attached hydrogens (tertiary/aromatic N) is 2. The quantitative estimate of drug-likeness (QED) is 0.727. The highest BCUT2D eigenvalue weighted by molar-refractivity contribution is 6.12. The average Bonchev–Trinajstić information content (AvgIpc) is 2.70. The van der Waals surface area contributed by atoms with Crippen LogP contribution in [0, 0.1) is 18.3 Å². The summed E-state index contributed by atoms with van der Waals surface area (Å²) in [7, 11) is 4.28. The van der Waals surface area contributed by atoms with Crippen molar-refractivity contribution < 1.29 is 24.1 Å². The molecule has 0 saturated carbocycles. The molecule has 0 amide bonds. The summed E-state index contributed by atoms with van der Waals surface area (Å²) in [4.78, 5) is 25.7. The van der Waals surface area contributed by atoms with Crippen molar-refractivity contribution in [1.29, 1.82) is 5.26 Å². The number of ketones is 1. The minimum Gasteiger partial charge on any atom is -0.494 e. The van der Waals surface area contributed by atoms with Gasteiger partial charge in [-0.25, -0.2) is 0 Å². The third kappa shape index (κ3) is 3.39. The van der Waals surface area contributed by atoms with Crippen molar-refractivity contribution in [3.05, 3.63) is 44.7 Å². The van der Waals surface area contributed by atoms with Gasteiger partial charge in [-0.2, -0.15) is 5.26 Å². The second-order valence-electron chi connectivity index (χ2n) is 6.01. The third-order valence-corrected chi connectivity index (χ3v) is 4.40. The van der Waals surface area contributed by atoms with Crippen LogP contribution in [0.25, 0.3) is 0 Å². The van der Waals surface area contributed by atoms with Gasteiger partial charge in [0.15, 0.2) is 17.3 Å². The Morgan fingerprint density at radius 1 is 1.18 bits per heavy atom. The highest BCUT2D eigenvalue weighted by Crippen LogP contribution is 2.39. The molecule has 8 heteroatoms. The zero-order valence-electron chi connectivity index (χ0n) is 16.5. The monoisotopic (exact) mass is 386 g/mol. The molecule has 0 atom stereocenters. The Morgan fingerprint density at radius 3 is 2.18 bits per heavy atom. The van der Waals surface area contributed by atoms with Crippen molar-refractivity contribution in [3.63, 3.8) is 0 Å². The normalized spacial score (nSPS) is 10.3. The molecule has 2 aromatic rings. The van der Waals surface area contributed by atoms with Crippen LogP contribution in [0.1, 0.15) is 40.4 Å². The molecular formula is C20H22N2O6. The van der Waals surface area contributed by atoms with E-state index in [0.717, 1.165) is 4.57 Å². The van der Waals surface area contributed by atoms with E-state index in [1.807, 2.05) is 13.0 Å². The predicted octanol–water partition coefficient (Wildman–Crippen LogP) is 2.40. The van der Waals surface area contributed by atoms with Crippen LogP contribution in [0.5, 0.6) is 23.1 Å².